The van der Waals surface area contributed by atoms with Crippen molar-refractivity contribution in [3.05, 3.63) is 23.8 Å². The molecule has 4 N–H and O–H groups in total. The summed E-state index contributed by atoms with van der Waals surface area (Å²) < 4.78 is 0. The number of hydrogen-bond donors (Lipinski definition) is 3. The van der Waals surface area contributed by atoms with Gasteiger partial charge in [-0.15, -0.1) is 11.8 Å². The van der Waals surface area contributed by atoms with Crippen molar-refractivity contribution in [2.24, 2.45) is 5.73 Å². The number of thioether (sulfide) groups is 1. The number of aromatic hydroxyl groups is 1. The predicted molar refractivity (Wildman–Crippen MR) is 58.5 cm³/mol. The molecule has 0 fully saturated rings. The van der Waals surface area contributed by atoms with Crippen molar-refractivity contribution in [2.75, 3.05) is 6.26 Å². The second kappa shape index (κ2) is 4.68. The molecule has 0 amide bonds. The Morgan fingerprint density at radius 3 is 2.57 bits per heavy atom. The van der Waals surface area contributed by atoms with E-state index in [9.17, 15) is 10.2 Å². The Bertz CT molecular complexity index is 315. The van der Waals surface area contributed by atoms with E-state index in [-0.39, 0.29) is 5.75 Å². The summed E-state index contributed by atoms with van der Waals surface area (Å²) in [5.74, 6) is 0.135. The van der Waals surface area contributed by atoms with Crippen LogP contribution in [0.25, 0.3) is 0 Å². The minimum Gasteiger partial charge on any atom is -0.508 e. The van der Waals surface area contributed by atoms with Crippen LogP contribution in [0.4, 0.5) is 0 Å². The van der Waals surface area contributed by atoms with Gasteiger partial charge in [0, 0.05) is 10.5 Å². The molecule has 0 bridgehead atoms. The molecule has 14 heavy (non-hydrogen) atoms. The van der Waals surface area contributed by atoms with Crippen molar-refractivity contribution in [3.63, 3.8) is 0 Å². The van der Waals surface area contributed by atoms with E-state index in [0.717, 1.165) is 4.90 Å². The van der Waals surface area contributed by atoms with E-state index in [4.69, 9.17) is 5.73 Å². The third-order valence-electron chi connectivity index (χ3n) is 2.11. The number of rotatable bonds is 3. The smallest absolute Gasteiger partial charge is 0.120 e. The van der Waals surface area contributed by atoms with Crippen LogP contribution in [-0.2, 0) is 0 Å². The molecule has 1 aromatic carbocycles. The van der Waals surface area contributed by atoms with E-state index in [1.54, 1.807) is 30.8 Å². The zero-order valence-electron chi connectivity index (χ0n) is 8.27. The molecule has 0 aliphatic rings. The minimum absolute atomic E-state index is 0.135. The Hall–Kier alpha value is -0.710. The first-order valence-electron chi connectivity index (χ1n) is 4.36. The van der Waals surface area contributed by atoms with E-state index in [1.165, 1.54) is 0 Å². The largest absolute Gasteiger partial charge is 0.508 e. The normalized spacial score (nSPS) is 15.1. The topological polar surface area (TPSA) is 66.5 Å². The van der Waals surface area contributed by atoms with Crippen LogP contribution in [0, 0.1) is 0 Å². The lowest BCUT2D eigenvalue weighted by atomic mass is 10.0. The molecule has 0 heterocycles. The van der Waals surface area contributed by atoms with Crippen molar-refractivity contribution in [1.82, 2.24) is 0 Å². The second-order valence-electron chi connectivity index (χ2n) is 3.19. The quantitative estimate of drug-likeness (QED) is 0.666. The fraction of sp³-hybridized carbons (Fsp3) is 0.400. The number of nitrogens with two attached hydrogens (primary N) is 1. The Labute approximate surface area is 87.9 Å². The standard InChI is InChI=1S/C10H15NO2S/c1-6(12)10(11)8-5-7(14-2)3-4-9(8)13/h3-6,10,12-13H,11H2,1-2H3/t6-,10-/m0/s1. The summed E-state index contributed by atoms with van der Waals surface area (Å²) in [7, 11) is 0. The predicted octanol–water partition coefficient (Wildman–Crippen LogP) is 1.49. The van der Waals surface area contributed by atoms with Gasteiger partial charge in [-0.05, 0) is 31.4 Å². The molecule has 0 radical (unpaired) electrons. The molecular weight excluding hydrogens is 198 g/mol. The third kappa shape index (κ3) is 2.41. The van der Waals surface area contributed by atoms with Gasteiger partial charge in [0.2, 0.25) is 0 Å². The first-order valence-corrected chi connectivity index (χ1v) is 5.59. The molecule has 0 saturated heterocycles. The van der Waals surface area contributed by atoms with Crippen LogP contribution in [0.5, 0.6) is 5.75 Å². The molecule has 4 heteroatoms. The summed E-state index contributed by atoms with van der Waals surface area (Å²) in [4.78, 5) is 1.02. The van der Waals surface area contributed by atoms with Gasteiger partial charge in [-0.25, -0.2) is 0 Å². The number of hydrogen-bond acceptors (Lipinski definition) is 4. The lowest BCUT2D eigenvalue weighted by molar-refractivity contribution is 0.162. The second-order valence-corrected chi connectivity index (χ2v) is 4.07. The molecule has 0 saturated carbocycles. The van der Waals surface area contributed by atoms with Gasteiger partial charge in [0.05, 0.1) is 12.1 Å². The molecule has 0 aromatic heterocycles. The fourth-order valence-electron chi connectivity index (χ4n) is 1.19. The SMILES string of the molecule is CSc1ccc(O)c([C@@H](N)[C@H](C)O)c1. The van der Waals surface area contributed by atoms with Crippen LogP contribution in [0.3, 0.4) is 0 Å². The highest BCUT2D eigenvalue weighted by atomic mass is 32.2. The zero-order chi connectivity index (χ0) is 10.7. The van der Waals surface area contributed by atoms with E-state index >= 15 is 0 Å². The minimum atomic E-state index is -0.669. The molecule has 0 unspecified atom stereocenters. The van der Waals surface area contributed by atoms with Crippen molar-refractivity contribution < 1.29 is 10.2 Å². The number of aliphatic hydroxyl groups excluding tert-OH is 1. The zero-order valence-corrected chi connectivity index (χ0v) is 9.08. The Kier molecular flexibility index (Phi) is 3.80. The van der Waals surface area contributed by atoms with Gasteiger partial charge in [0.1, 0.15) is 5.75 Å². The van der Waals surface area contributed by atoms with Gasteiger partial charge in [-0.3, -0.25) is 0 Å². The van der Waals surface area contributed by atoms with Gasteiger partial charge >= 0.3 is 0 Å². The first kappa shape index (κ1) is 11.4. The van der Waals surface area contributed by atoms with Gasteiger partial charge in [0.15, 0.2) is 0 Å². The molecular formula is C10H15NO2S. The van der Waals surface area contributed by atoms with Gasteiger partial charge < -0.3 is 15.9 Å². The van der Waals surface area contributed by atoms with Crippen LogP contribution >= 0.6 is 11.8 Å². The molecule has 78 valence electrons. The highest BCUT2D eigenvalue weighted by Crippen LogP contribution is 2.28. The summed E-state index contributed by atoms with van der Waals surface area (Å²) >= 11 is 1.57. The molecule has 0 aliphatic heterocycles. The highest BCUT2D eigenvalue weighted by molar-refractivity contribution is 7.98. The molecule has 1 rings (SSSR count). The maximum Gasteiger partial charge on any atom is 0.120 e. The van der Waals surface area contributed by atoms with Crippen molar-refractivity contribution >= 4 is 11.8 Å². The van der Waals surface area contributed by atoms with Crippen molar-refractivity contribution in [1.29, 1.82) is 0 Å². The average Bonchev–Trinajstić information content (AvgIpc) is 2.17. The summed E-state index contributed by atoms with van der Waals surface area (Å²) in [5, 5.41) is 18.9. The van der Waals surface area contributed by atoms with E-state index in [2.05, 4.69) is 0 Å². The number of benzene rings is 1. The van der Waals surface area contributed by atoms with Crippen molar-refractivity contribution in [2.45, 2.75) is 24.0 Å². The molecule has 2 atom stereocenters. The van der Waals surface area contributed by atoms with Crippen LogP contribution in [-0.4, -0.2) is 22.6 Å². The monoisotopic (exact) mass is 213 g/mol. The van der Waals surface area contributed by atoms with Gasteiger partial charge in [0.25, 0.3) is 0 Å². The maximum atomic E-state index is 9.55. The summed E-state index contributed by atoms with van der Waals surface area (Å²) in [6.07, 6.45) is 1.28. The Morgan fingerprint density at radius 1 is 1.43 bits per heavy atom. The summed E-state index contributed by atoms with van der Waals surface area (Å²) in [6.45, 7) is 1.61. The van der Waals surface area contributed by atoms with E-state index < -0.39 is 12.1 Å². The van der Waals surface area contributed by atoms with Crippen LogP contribution in [0.1, 0.15) is 18.5 Å². The van der Waals surface area contributed by atoms with Gasteiger partial charge in [-0.1, -0.05) is 0 Å². The Morgan fingerprint density at radius 2 is 2.07 bits per heavy atom. The summed E-state index contributed by atoms with van der Waals surface area (Å²) in [6, 6.07) is 4.68. The first-order chi connectivity index (χ1) is 6.56. The number of phenolic OH excluding ortho intramolecular Hbond substituents is 1. The highest BCUT2D eigenvalue weighted by Gasteiger charge is 2.16. The van der Waals surface area contributed by atoms with Crippen molar-refractivity contribution in [3.8, 4) is 5.75 Å². The molecule has 1 aromatic rings. The number of aliphatic hydroxyl groups is 1. The third-order valence-corrected chi connectivity index (χ3v) is 2.84. The van der Waals surface area contributed by atoms with Crippen LogP contribution < -0.4 is 5.73 Å². The molecule has 3 nitrogen and oxygen atoms in total. The summed E-state index contributed by atoms with van der Waals surface area (Å²) in [5.41, 5.74) is 6.33. The lowest BCUT2D eigenvalue weighted by Gasteiger charge is -2.17. The number of phenols is 1. The van der Waals surface area contributed by atoms with E-state index in [0.29, 0.717) is 5.56 Å². The lowest BCUT2D eigenvalue weighted by Crippen LogP contribution is -2.23. The fourth-order valence-corrected chi connectivity index (χ4v) is 1.64. The van der Waals surface area contributed by atoms with E-state index in [1.807, 2.05) is 12.3 Å². The average molecular weight is 213 g/mol. The maximum absolute atomic E-state index is 9.55. The van der Waals surface area contributed by atoms with Crippen LogP contribution in [0.15, 0.2) is 23.1 Å². The van der Waals surface area contributed by atoms with Crippen LogP contribution in [0.2, 0.25) is 0 Å². The van der Waals surface area contributed by atoms with Gasteiger partial charge in [-0.2, -0.15) is 0 Å². The Balaban J connectivity index is 3.05. The molecule has 0 spiro atoms. The molecule has 0 aliphatic carbocycles.